The number of methoxy groups -OCH3 is 1. The maximum atomic E-state index is 12.4. The van der Waals surface area contributed by atoms with Gasteiger partial charge in [0.2, 0.25) is 5.91 Å². The quantitative estimate of drug-likeness (QED) is 0.607. The first-order chi connectivity index (χ1) is 15.8. The molecule has 0 saturated carbocycles. The summed E-state index contributed by atoms with van der Waals surface area (Å²) in [6.45, 7) is 1.18. The van der Waals surface area contributed by atoms with Crippen LogP contribution in [0.3, 0.4) is 0 Å². The van der Waals surface area contributed by atoms with E-state index >= 15 is 0 Å². The Morgan fingerprint density at radius 1 is 1.06 bits per heavy atom. The van der Waals surface area contributed by atoms with E-state index in [1.807, 2.05) is 0 Å². The van der Waals surface area contributed by atoms with Crippen LogP contribution in [0.1, 0.15) is 32.7 Å². The molecule has 33 heavy (non-hydrogen) atoms. The van der Waals surface area contributed by atoms with Crippen molar-refractivity contribution in [3.05, 3.63) is 65.2 Å². The lowest BCUT2D eigenvalue weighted by Gasteiger charge is -2.18. The van der Waals surface area contributed by atoms with Gasteiger partial charge < -0.3 is 14.8 Å². The van der Waals surface area contributed by atoms with Gasteiger partial charge in [-0.2, -0.15) is 0 Å². The number of hydrazine groups is 1. The van der Waals surface area contributed by atoms with E-state index in [0.29, 0.717) is 16.8 Å². The lowest BCUT2D eigenvalue weighted by Crippen LogP contribution is -2.43. The van der Waals surface area contributed by atoms with Crippen LogP contribution < -0.4 is 10.7 Å². The van der Waals surface area contributed by atoms with Gasteiger partial charge in [-0.15, -0.1) is 0 Å². The number of amides is 3. The number of benzene rings is 2. The third-order valence-corrected chi connectivity index (χ3v) is 5.02. The van der Waals surface area contributed by atoms with E-state index in [0.717, 1.165) is 10.6 Å². The standard InChI is InChI=1S/C23H23N3O7/c1-14-5-3-4-6-18(14)21(29)25-26-12-16(11-20(26)28)23(31)33-13-19(27)24-17-9-7-15(8-10-17)22(30)32-2/h3-10,16H,11-13H2,1-2H3,(H,24,27)(H,25,29)/t16-/m0/s1. The summed E-state index contributed by atoms with van der Waals surface area (Å²) in [6.07, 6.45) is -0.135. The molecular weight excluding hydrogens is 430 g/mol. The molecule has 1 fully saturated rings. The molecule has 0 aliphatic carbocycles. The van der Waals surface area contributed by atoms with Crippen LogP contribution in [0, 0.1) is 12.8 Å². The molecule has 10 heteroatoms. The van der Waals surface area contributed by atoms with Crippen molar-refractivity contribution in [2.45, 2.75) is 13.3 Å². The van der Waals surface area contributed by atoms with Crippen molar-refractivity contribution < 1.29 is 33.4 Å². The Hall–Kier alpha value is -4.21. The summed E-state index contributed by atoms with van der Waals surface area (Å²) in [7, 11) is 1.27. The molecule has 2 aromatic rings. The Labute approximate surface area is 189 Å². The minimum Gasteiger partial charge on any atom is -0.465 e. The van der Waals surface area contributed by atoms with Crippen LogP contribution >= 0.6 is 0 Å². The van der Waals surface area contributed by atoms with Crippen molar-refractivity contribution in [1.29, 1.82) is 0 Å². The number of nitrogens with one attached hydrogen (secondary N) is 2. The predicted octanol–water partition coefficient (Wildman–Crippen LogP) is 1.46. The Morgan fingerprint density at radius 2 is 1.76 bits per heavy atom. The summed E-state index contributed by atoms with van der Waals surface area (Å²) in [6, 6.07) is 12.9. The number of nitrogens with zero attached hydrogens (tertiary/aromatic N) is 1. The molecule has 3 amide bonds. The molecule has 0 bridgehead atoms. The maximum Gasteiger partial charge on any atom is 0.337 e. The topological polar surface area (TPSA) is 131 Å². The fourth-order valence-corrected chi connectivity index (χ4v) is 3.24. The van der Waals surface area contributed by atoms with Crippen molar-refractivity contribution in [2.75, 3.05) is 25.6 Å². The monoisotopic (exact) mass is 453 g/mol. The van der Waals surface area contributed by atoms with E-state index in [1.165, 1.54) is 31.4 Å². The molecule has 1 heterocycles. The van der Waals surface area contributed by atoms with Gasteiger partial charge in [-0.05, 0) is 42.8 Å². The Morgan fingerprint density at radius 3 is 2.42 bits per heavy atom. The van der Waals surface area contributed by atoms with Crippen molar-refractivity contribution >= 4 is 35.3 Å². The zero-order valence-corrected chi connectivity index (χ0v) is 18.1. The molecule has 10 nitrogen and oxygen atoms in total. The summed E-state index contributed by atoms with van der Waals surface area (Å²) in [4.78, 5) is 60.4. The summed E-state index contributed by atoms with van der Waals surface area (Å²) in [5, 5.41) is 3.62. The van der Waals surface area contributed by atoms with Crippen LogP contribution in [0.5, 0.6) is 0 Å². The fourth-order valence-electron chi connectivity index (χ4n) is 3.24. The van der Waals surface area contributed by atoms with Gasteiger partial charge in [0.05, 0.1) is 25.1 Å². The van der Waals surface area contributed by atoms with Gasteiger partial charge in [-0.3, -0.25) is 29.6 Å². The highest BCUT2D eigenvalue weighted by atomic mass is 16.5. The van der Waals surface area contributed by atoms with Crippen molar-refractivity contribution in [2.24, 2.45) is 5.92 Å². The van der Waals surface area contributed by atoms with Gasteiger partial charge in [-0.1, -0.05) is 18.2 Å². The molecule has 0 aromatic heterocycles. The largest absolute Gasteiger partial charge is 0.465 e. The van der Waals surface area contributed by atoms with Gasteiger partial charge in [0.1, 0.15) is 0 Å². The third kappa shape index (κ3) is 5.94. The highest BCUT2D eigenvalue weighted by Crippen LogP contribution is 2.18. The first-order valence-electron chi connectivity index (χ1n) is 10.1. The summed E-state index contributed by atoms with van der Waals surface area (Å²) in [5.41, 5.74) is 4.42. The van der Waals surface area contributed by atoms with E-state index in [2.05, 4.69) is 15.5 Å². The second-order valence-corrected chi connectivity index (χ2v) is 7.39. The highest BCUT2D eigenvalue weighted by Gasteiger charge is 2.36. The number of carbonyl (C=O) groups is 5. The Balaban J connectivity index is 1.47. The average molecular weight is 453 g/mol. The van der Waals surface area contributed by atoms with Crippen molar-refractivity contribution in [3.63, 3.8) is 0 Å². The molecule has 1 atom stereocenters. The van der Waals surface area contributed by atoms with Crippen molar-refractivity contribution in [1.82, 2.24) is 10.4 Å². The molecule has 0 radical (unpaired) electrons. The van der Waals surface area contributed by atoms with Crippen LogP contribution in [-0.2, 0) is 23.9 Å². The van der Waals surface area contributed by atoms with E-state index in [1.54, 1.807) is 31.2 Å². The molecule has 0 unspecified atom stereocenters. The lowest BCUT2D eigenvalue weighted by molar-refractivity contribution is -0.151. The third-order valence-electron chi connectivity index (χ3n) is 5.02. The number of esters is 2. The van der Waals surface area contributed by atoms with Crippen LogP contribution in [-0.4, -0.2) is 54.9 Å². The van der Waals surface area contributed by atoms with Gasteiger partial charge >= 0.3 is 11.9 Å². The summed E-state index contributed by atoms with van der Waals surface area (Å²) >= 11 is 0. The maximum absolute atomic E-state index is 12.4. The Bertz CT molecular complexity index is 1080. The van der Waals surface area contributed by atoms with Gasteiger partial charge in [0.15, 0.2) is 6.61 Å². The van der Waals surface area contributed by atoms with Gasteiger partial charge in [0, 0.05) is 17.7 Å². The van der Waals surface area contributed by atoms with E-state index in [4.69, 9.17) is 4.74 Å². The highest BCUT2D eigenvalue weighted by molar-refractivity contribution is 5.98. The molecule has 2 aromatic carbocycles. The minimum absolute atomic E-state index is 0.0497. The first kappa shape index (κ1) is 23.5. The molecule has 1 aliphatic heterocycles. The number of rotatable bonds is 7. The summed E-state index contributed by atoms with van der Waals surface area (Å²) in [5.74, 6) is -3.48. The van der Waals surface area contributed by atoms with Gasteiger partial charge in [0.25, 0.3) is 11.8 Å². The van der Waals surface area contributed by atoms with Crippen LogP contribution in [0.15, 0.2) is 48.5 Å². The molecule has 2 N–H and O–H groups in total. The van der Waals surface area contributed by atoms with E-state index in [9.17, 15) is 24.0 Å². The van der Waals surface area contributed by atoms with E-state index in [-0.39, 0.29) is 13.0 Å². The van der Waals surface area contributed by atoms with Crippen LogP contribution in [0.25, 0.3) is 0 Å². The van der Waals surface area contributed by atoms with Gasteiger partial charge in [-0.25, -0.2) is 4.79 Å². The number of hydrogen-bond donors (Lipinski definition) is 2. The normalized spacial score (nSPS) is 15.0. The smallest absolute Gasteiger partial charge is 0.337 e. The number of hydrogen-bond acceptors (Lipinski definition) is 7. The SMILES string of the molecule is COC(=O)c1ccc(NC(=O)COC(=O)[C@H]2CC(=O)N(NC(=O)c3ccccc3C)C2)cc1. The second-order valence-electron chi connectivity index (χ2n) is 7.39. The number of ether oxygens (including phenoxy) is 2. The Kier molecular flexibility index (Phi) is 7.39. The molecule has 3 rings (SSSR count). The number of aryl methyl sites for hydroxylation is 1. The zero-order valence-electron chi connectivity index (χ0n) is 18.1. The lowest BCUT2D eigenvalue weighted by atomic mass is 10.1. The predicted molar refractivity (Wildman–Crippen MR) is 116 cm³/mol. The van der Waals surface area contributed by atoms with Crippen molar-refractivity contribution in [3.8, 4) is 0 Å². The summed E-state index contributed by atoms with van der Waals surface area (Å²) < 4.78 is 9.63. The van der Waals surface area contributed by atoms with Crippen LogP contribution in [0.4, 0.5) is 5.69 Å². The molecule has 172 valence electrons. The average Bonchev–Trinajstić information content (AvgIpc) is 3.17. The molecule has 0 spiro atoms. The zero-order chi connectivity index (χ0) is 24.0. The fraction of sp³-hybridized carbons (Fsp3) is 0.261. The number of carbonyl (C=O) groups excluding carboxylic acids is 5. The minimum atomic E-state index is -0.804. The molecule has 1 aliphatic rings. The van der Waals surface area contributed by atoms with Crippen LogP contribution in [0.2, 0.25) is 0 Å². The second kappa shape index (κ2) is 10.4. The molecular formula is C23H23N3O7. The first-order valence-corrected chi connectivity index (χ1v) is 10.1. The number of anilines is 1. The van der Waals surface area contributed by atoms with E-state index < -0.39 is 42.2 Å². The molecule has 1 saturated heterocycles.